The fraction of sp³-hybridized carbons (Fsp3) is 0.857. The summed E-state index contributed by atoms with van der Waals surface area (Å²) in [6.07, 6.45) is 36.5. The Morgan fingerprint density at radius 3 is 1.37 bits per heavy atom. The lowest BCUT2D eigenvalue weighted by atomic mass is 9.53. The number of aromatic nitrogens is 1. The molecule has 38 heavy (non-hydrogen) atoms. The van der Waals surface area contributed by atoms with Crippen molar-refractivity contribution < 1.29 is 17.0 Å². The molecule has 4 bridgehead atoms. The van der Waals surface area contributed by atoms with Crippen molar-refractivity contribution in [2.24, 2.45) is 17.8 Å². The maximum atomic E-state index is 2.73. The first-order valence-corrected chi connectivity index (χ1v) is 17.0. The topological polar surface area (TPSA) is 7.12 Å². The number of hydrogen-bond acceptors (Lipinski definition) is 1. The molecule has 1 heterocycles. The molecule has 4 aliphatic carbocycles. The van der Waals surface area contributed by atoms with Gasteiger partial charge in [-0.05, 0) is 49.9 Å². The van der Waals surface area contributed by atoms with Crippen LogP contribution >= 0.6 is 0 Å². The Morgan fingerprint density at radius 1 is 0.605 bits per heavy atom. The van der Waals surface area contributed by atoms with Gasteiger partial charge in [-0.3, -0.25) is 0 Å². The van der Waals surface area contributed by atoms with Crippen LogP contribution in [0.1, 0.15) is 155 Å². The van der Waals surface area contributed by atoms with Crippen LogP contribution in [-0.2, 0) is 5.54 Å². The summed E-state index contributed by atoms with van der Waals surface area (Å²) >= 11 is 0. The van der Waals surface area contributed by atoms with E-state index < -0.39 is 0 Å². The predicted octanol–water partition coefficient (Wildman–Crippen LogP) is 6.99. The van der Waals surface area contributed by atoms with Crippen LogP contribution in [0.15, 0.2) is 24.5 Å². The van der Waals surface area contributed by atoms with Crippen LogP contribution in [-0.4, -0.2) is 13.1 Å². The molecule has 0 spiro atoms. The fourth-order valence-electron chi connectivity index (χ4n) is 8.57. The summed E-state index contributed by atoms with van der Waals surface area (Å²) < 4.78 is 2.67. The lowest BCUT2D eigenvalue weighted by molar-refractivity contribution is -0.776. The summed E-state index contributed by atoms with van der Waals surface area (Å²) in [5.41, 5.74) is 1.93. The molecular formula is C35H61ClN2. The van der Waals surface area contributed by atoms with Gasteiger partial charge in [-0.15, -0.1) is 0 Å². The number of unbranched alkanes of at least 4 members (excludes halogenated alkanes) is 14. The normalized spacial score (nSPS) is 25.5. The molecule has 1 aromatic heterocycles. The summed E-state index contributed by atoms with van der Waals surface area (Å²) in [7, 11) is 0. The molecule has 0 amide bonds. The van der Waals surface area contributed by atoms with Crippen LogP contribution in [0.4, 0.5) is 5.69 Å². The Morgan fingerprint density at radius 2 is 0.974 bits per heavy atom. The SMILES string of the molecule is CCCCCCCCCCN(CCCCCCCCCC)c1cc[n+](C23CC4CC(CC(C4)C2)C3)cc1.[Cl-]. The lowest BCUT2D eigenvalue weighted by Gasteiger charge is -2.53. The third-order valence-corrected chi connectivity index (χ3v) is 10.3. The number of halogens is 1. The molecular weight excluding hydrogens is 484 g/mol. The van der Waals surface area contributed by atoms with Gasteiger partial charge in [0.2, 0.25) is 0 Å². The molecule has 0 atom stereocenters. The zero-order valence-corrected chi connectivity index (χ0v) is 26.0. The van der Waals surface area contributed by atoms with Crippen LogP contribution in [0.2, 0.25) is 0 Å². The van der Waals surface area contributed by atoms with Gasteiger partial charge in [-0.2, -0.15) is 4.57 Å². The van der Waals surface area contributed by atoms with Gasteiger partial charge in [0, 0.05) is 50.2 Å². The van der Waals surface area contributed by atoms with Crippen LogP contribution < -0.4 is 21.9 Å². The standard InChI is InChI=1S/C35H61N2.ClH/c1-3-5-7-9-11-13-15-17-21-36(22-18-16-14-12-10-8-6-4-2)34-19-23-37(24-20-34)35-28-31-25-32(29-35)27-33(26-31)30-35;/h19-20,23-24,31-33H,3-18,21-22,25-30H2,1-2H3;1H/q+1;/p-1. The molecule has 0 aromatic carbocycles. The van der Waals surface area contributed by atoms with Crippen molar-refractivity contribution in [3.05, 3.63) is 24.5 Å². The molecule has 218 valence electrons. The van der Waals surface area contributed by atoms with E-state index in [9.17, 15) is 0 Å². The highest BCUT2D eigenvalue weighted by atomic mass is 35.5. The smallest absolute Gasteiger partial charge is 0.171 e. The van der Waals surface area contributed by atoms with E-state index in [1.54, 1.807) is 0 Å². The van der Waals surface area contributed by atoms with Gasteiger partial charge >= 0.3 is 0 Å². The Bertz CT molecular complexity index is 690. The molecule has 0 unspecified atom stereocenters. The first kappa shape index (κ1) is 31.8. The van der Waals surface area contributed by atoms with Crippen molar-refractivity contribution >= 4 is 5.69 Å². The Balaban J connectivity index is 0.00000400. The molecule has 0 aliphatic heterocycles. The van der Waals surface area contributed by atoms with Crippen LogP contribution in [0.25, 0.3) is 0 Å². The number of nitrogens with zero attached hydrogens (tertiary/aromatic N) is 2. The van der Waals surface area contributed by atoms with Crippen molar-refractivity contribution in [1.82, 2.24) is 0 Å². The third-order valence-electron chi connectivity index (χ3n) is 10.3. The quantitative estimate of drug-likeness (QED) is 0.127. The first-order valence-electron chi connectivity index (χ1n) is 17.0. The van der Waals surface area contributed by atoms with E-state index >= 15 is 0 Å². The molecule has 0 saturated heterocycles. The van der Waals surface area contributed by atoms with E-state index in [4.69, 9.17) is 0 Å². The lowest BCUT2D eigenvalue weighted by Crippen LogP contribution is -3.00. The summed E-state index contributed by atoms with van der Waals surface area (Å²) in [5.74, 6) is 3.04. The van der Waals surface area contributed by atoms with Crippen LogP contribution in [0, 0.1) is 17.8 Å². The maximum absolute atomic E-state index is 2.73. The molecule has 0 radical (unpaired) electrons. The first-order chi connectivity index (χ1) is 18.2. The Kier molecular flexibility index (Phi) is 14.3. The minimum absolute atomic E-state index is 0. The van der Waals surface area contributed by atoms with Gasteiger partial charge in [-0.25, -0.2) is 0 Å². The van der Waals surface area contributed by atoms with Gasteiger partial charge < -0.3 is 17.3 Å². The maximum Gasteiger partial charge on any atom is 0.171 e. The third kappa shape index (κ3) is 9.42. The number of hydrogen-bond donors (Lipinski definition) is 0. The Labute approximate surface area is 243 Å². The highest BCUT2D eigenvalue weighted by Gasteiger charge is 2.56. The number of anilines is 1. The average molecular weight is 545 g/mol. The molecule has 1 aromatic rings. The number of pyridine rings is 1. The van der Waals surface area contributed by atoms with Crippen molar-refractivity contribution in [1.29, 1.82) is 0 Å². The second-order valence-electron chi connectivity index (χ2n) is 13.5. The highest BCUT2D eigenvalue weighted by molar-refractivity contribution is 5.43. The minimum atomic E-state index is 0. The second-order valence-corrected chi connectivity index (χ2v) is 13.5. The van der Waals surface area contributed by atoms with Crippen LogP contribution in [0.5, 0.6) is 0 Å². The summed E-state index contributed by atoms with van der Waals surface area (Å²) in [4.78, 5) is 2.73. The number of rotatable bonds is 20. The molecule has 2 nitrogen and oxygen atoms in total. The van der Waals surface area contributed by atoms with E-state index in [-0.39, 0.29) is 12.4 Å². The van der Waals surface area contributed by atoms with Gasteiger partial charge in [0.1, 0.15) is 0 Å². The average Bonchev–Trinajstić information content (AvgIpc) is 2.90. The molecule has 4 fully saturated rings. The van der Waals surface area contributed by atoms with E-state index in [2.05, 4.69) is 47.8 Å². The summed E-state index contributed by atoms with van der Waals surface area (Å²) in [6, 6.07) is 4.96. The van der Waals surface area contributed by atoms with Crippen LogP contribution in [0.3, 0.4) is 0 Å². The zero-order valence-electron chi connectivity index (χ0n) is 25.3. The van der Waals surface area contributed by atoms with Crippen molar-refractivity contribution in [3.8, 4) is 0 Å². The van der Waals surface area contributed by atoms with E-state index in [1.165, 1.54) is 160 Å². The van der Waals surface area contributed by atoms with Gasteiger partial charge in [-0.1, -0.05) is 104 Å². The van der Waals surface area contributed by atoms with Gasteiger partial charge in [0.25, 0.3) is 0 Å². The van der Waals surface area contributed by atoms with Gasteiger partial charge in [0.05, 0.1) is 0 Å². The van der Waals surface area contributed by atoms with Crippen molar-refractivity contribution in [2.45, 2.75) is 161 Å². The van der Waals surface area contributed by atoms with Gasteiger partial charge in [0.15, 0.2) is 17.9 Å². The summed E-state index contributed by atoms with van der Waals surface area (Å²) in [6.45, 7) is 7.12. The molecule has 3 heteroatoms. The Hall–Kier alpha value is -0.760. The van der Waals surface area contributed by atoms with Crippen molar-refractivity contribution in [3.63, 3.8) is 0 Å². The molecule has 0 N–H and O–H groups in total. The van der Waals surface area contributed by atoms with E-state index in [0.717, 1.165) is 17.8 Å². The highest BCUT2D eigenvalue weighted by Crippen LogP contribution is 2.56. The predicted molar refractivity (Wildman–Crippen MR) is 160 cm³/mol. The molecule has 5 rings (SSSR count). The largest absolute Gasteiger partial charge is 1.00 e. The monoisotopic (exact) mass is 544 g/mol. The molecule has 4 aliphatic rings. The summed E-state index contributed by atoms with van der Waals surface area (Å²) in [5, 5.41) is 0. The second kappa shape index (κ2) is 17.1. The van der Waals surface area contributed by atoms with E-state index in [0.29, 0.717) is 5.54 Å². The molecule has 4 saturated carbocycles. The zero-order chi connectivity index (χ0) is 25.8. The fourth-order valence-corrected chi connectivity index (χ4v) is 8.57. The minimum Gasteiger partial charge on any atom is -1.00 e. The van der Waals surface area contributed by atoms with Crippen molar-refractivity contribution in [2.75, 3.05) is 18.0 Å². The van der Waals surface area contributed by atoms with E-state index in [1.807, 2.05) is 0 Å².